The maximum absolute atomic E-state index is 13.8. The molecule has 4 aliphatic carbocycles. The van der Waals surface area contributed by atoms with Crippen molar-refractivity contribution >= 4 is 66.3 Å². The third-order valence-electron chi connectivity index (χ3n) is 10.9. The second-order valence-electron chi connectivity index (χ2n) is 14.0. The van der Waals surface area contributed by atoms with Gasteiger partial charge in [-0.25, -0.2) is 16.8 Å². The highest BCUT2D eigenvalue weighted by molar-refractivity contribution is 7.89. The Kier molecular flexibility index (Phi) is 8.84. The lowest BCUT2D eigenvalue weighted by molar-refractivity contribution is -0.140. The number of benzene rings is 3. The Balaban J connectivity index is 0.000000161. The molecule has 6 aliphatic rings. The lowest BCUT2D eigenvalue weighted by Gasteiger charge is -2.56. The molecule has 0 aromatic heterocycles. The number of nitrogens with zero attached hydrogens (tertiary/aromatic N) is 2. The molecule has 4 bridgehead atoms. The van der Waals surface area contributed by atoms with Crippen LogP contribution in [0.4, 0.5) is 0 Å². The number of hydrogen-bond donors (Lipinski definition) is 2. The Bertz CT molecular complexity index is 2250. The number of Topliss-reactive ketones (excluding diaryl/α,β-unsaturated/α-hetero) is 2. The van der Waals surface area contributed by atoms with Crippen LogP contribution in [0, 0.1) is 23.2 Å². The molecule has 4 fully saturated rings. The Labute approximate surface area is 307 Å². The first-order valence-corrected chi connectivity index (χ1v) is 20.4. The van der Waals surface area contributed by atoms with Crippen LogP contribution in [0.15, 0.2) is 87.9 Å². The van der Waals surface area contributed by atoms with Gasteiger partial charge in [-0.15, -0.1) is 0 Å². The maximum Gasteiger partial charge on any atom is 0.265 e. The Hall–Kier alpha value is -3.84. The summed E-state index contributed by atoms with van der Waals surface area (Å²) in [5.41, 5.74) is -0.493. The summed E-state index contributed by atoms with van der Waals surface area (Å²) in [5, 5.41) is 21.9. The molecule has 0 atom stereocenters. The molecule has 14 heteroatoms. The lowest BCUT2D eigenvalue weighted by Crippen LogP contribution is -2.52. The van der Waals surface area contributed by atoms with E-state index >= 15 is 0 Å². The molecule has 9 rings (SSSR count). The van der Waals surface area contributed by atoms with Crippen LogP contribution >= 0.6 is 23.2 Å². The van der Waals surface area contributed by atoms with Gasteiger partial charge in [-0.3, -0.25) is 18.2 Å². The largest absolute Gasteiger partial charge is 0.505 e. The van der Waals surface area contributed by atoms with Crippen LogP contribution in [0.3, 0.4) is 0 Å². The van der Waals surface area contributed by atoms with Crippen molar-refractivity contribution in [2.75, 3.05) is 13.6 Å². The van der Waals surface area contributed by atoms with E-state index in [0.29, 0.717) is 22.8 Å². The molecule has 0 amide bonds. The minimum absolute atomic E-state index is 0.00171. The van der Waals surface area contributed by atoms with Crippen molar-refractivity contribution < 1.29 is 36.6 Å². The summed E-state index contributed by atoms with van der Waals surface area (Å²) < 4.78 is 53.4. The van der Waals surface area contributed by atoms with E-state index in [1.807, 2.05) is 0 Å². The summed E-state index contributed by atoms with van der Waals surface area (Å²) in [4.78, 5) is 26.6. The van der Waals surface area contributed by atoms with Crippen LogP contribution < -0.4 is 0 Å². The van der Waals surface area contributed by atoms with Gasteiger partial charge in [-0.2, -0.15) is 0 Å². The number of halogens is 2. The molecular weight excluding hydrogens is 735 g/mol. The lowest BCUT2D eigenvalue weighted by atomic mass is 9.48. The van der Waals surface area contributed by atoms with E-state index in [1.165, 1.54) is 62.7 Å². The molecule has 268 valence electrons. The number of hydrogen-bond acceptors (Lipinski definition) is 8. The van der Waals surface area contributed by atoms with Gasteiger partial charge in [0.15, 0.2) is 17.3 Å². The number of rotatable bonds is 5. The third-order valence-corrected chi connectivity index (χ3v) is 15.2. The fraction of sp³-hybridized carbons (Fsp3) is 0.351. The average Bonchev–Trinajstić information content (AvgIpc) is 3.08. The van der Waals surface area contributed by atoms with Gasteiger partial charge >= 0.3 is 0 Å². The molecule has 0 saturated heterocycles. The summed E-state index contributed by atoms with van der Waals surface area (Å²) in [5.74, 6) is 0.261. The van der Waals surface area contributed by atoms with Crippen LogP contribution in [-0.4, -0.2) is 60.8 Å². The predicted molar refractivity (Wildman–Crippen MR) is 193 cm³/mol. The van der Waals surface area contributed by atoms with Crippen molar-refractivity contribution in [1.29, 1.82) is 0 Å². The van der Waals surface area contributed by atoms with Crippen molar-refractivity contribution in [3.05, 3.63) is 105 Å². The first-order valence-electron chi connectivity index (χ1n) is 16.7. The van der Waals surface area contributed by atoms with E-state index in [1.54, 1.807) is 37.3 Å². The van der Waals surface area contributed by atoms with Crippen molar-refractivity contribution in [3.8, 4) is 0 Å². The van der Waals surface area contributed by atoms with Crippen LogP contribution in [0.2, 0.25) is 10.0 Å². The number of carbonyl (C=O) groups excluding carboxylic acids is 2. The second kappa shape index (κ2) is 12.7. The summed E-state index contributed by atoms with van der Waals surface area (Å²) in [6.07, 6.45) is 6.14. The standard InChI is InChI=1S/C21H25NO4S.C16H11Cl2NO4S/c1-2-22-18(19(23)16-5-3-4-6-17(16)27(22,25)26)20(24)21-10-13-7-14(11-21)9-15(8-13)12-21;1-19-14(15(20)10-7-6-9(17)8-12(10)18)16(21)11-4-2-3-5-13(11)24(19,22)23/h3-6,13-15,23H,2,7-12H2,1H3;2-8,21H,1H3. The fourth-order valence-corrected chi connectivity index (χ4v) is 12.6. The topological polar surface area (TPSA) is 149 Å². The quantitative estimate of drug-likeness (QED) is 0.254. The van der Waals surface area contributed by atoms with Gasteiger partial charge in [-0.1, -0.05) is 47.5 Å². The van der Waals surface area contributed by atoms with Crippen LogP contribution in [-0.2, 0) is 24.8 Å². The first kappa shape index (κ1) is 35.6. The summed E-state index contributed by atoms with van der Waals surface area (Å²) >= 11 is 11.8. The number of aliphatic hydroxyl groups is 2. The van der Waals surface area contributed by atoms with Crippen molar-refractivity contribution in [2.45, 2.75) is 55.2 Å². The van der Waals surface area contributed by atoms with E-state index in [9.17, 15) is 36.6 Å². The molecule has 3 aromatic carbocycles. The Morgan fingerprint density at radius 2 is 1.25 bits per heavy atom. The number of likely N-dealkylation sites (N-methyl/N-ethyl adjacent to an activating group) is 2. The van der Waals surface area contributed by atoms with E-state index in [-0.39, 0.29) is 61.0 Å². The molecule has 0 spiro atoms. The zero-order valence-electron chi connectivity index (χ0n) is 27.8. The normalized spacial score (nSPS) is 26.6. The van der Waals surface area contributed by atoms with E-state index < -0.39 is 37.0 Å². The molecule has 2 aliphatic heterocycles. The van der Waals surface area contributed by atoms with Gasteiger partial charge in [0.2, 0.25) is 5.78 Å². The van der Waals surface area contributed by atoms with Gasteiger partial charge in [-0.05, 0) is 106 Å². The average molecular weight is 772 g/mol. The SMILES string of the molecule is CCN1C(C(=O)C23CC4CC(CC(C4)C2)C3)=C(O)c2ccccc2S1(=O)=O.CN1C(C(=O)c2ccc(Cl)cc2Cl)=C(O)c2ccccc2S1(=O)=O. The van der Waals surface area contributed by atoms with E-state index in [4.69, 9.17) is 23.2 Å². The molecule has 51 heavy (non-hydrogen) atoms. The molecule has 3 aromatic rings. The highest BCUT2D eigenvalue weighted by Crippen LogP contribution is 2.61. The summed E-state index contributed by atoms with van der Waals surface area (Å²) in [7, 11) is -6.58. The first-order chi connectivity index (χ1) is 24.1. The van der Waals surface area contributed by atoms with Gasteiger partial charge in [0.25, 0.3) is 20.0 Å². The highest BCUT2D eigenvalue weighted by atomic mass is 35.5. The predicted octanol–water partition coefficient (Wildman–Crippen LogP) is 7.46. The molecule has 2 N–H and O–H groups in total. The molecule has 4 saturated carbocycles. The second-order valence-corrected chi connectivity index (χ2v) is 18.6. The minimum atomic E-state index is -3.95. The third kappa shape index (κ3) is 5.66. The maximum atomic E-state index is 13.8. The van der Waals surface area contributed by atoms with Crippen molar-refractivity contribution in [1.82, 2.24) is 8.61 Å². The minimum Gasteiger partial charge on any atom is -0.505 e. The molecule has 0 radical (unpaired) electrons. The Morgan fingerprint density at radius 1 is 0.765 bits per heavy atom. The molecule has 2 heterocycles. The number of ketones is 2. The summed E-state index contributed by atoms with van der Waals surface area (Å²) in [6, 6.07) is 16.6. The van der Waals surface area contributed by atoms with Crippen LogP contribution in [0.5, 0.6) is 0 Å². The number of carbonyl (C=O) groups is 2. The number of sulfonamides is 2. The number of allylic oxidation sites excluding steroid dienone is 2. The van der Waals surface area contributed by atoms with E-state index in [2.05, 4.69) is 0 Å². The van der Waals surface area contributed by atoms with E-state index in [0.717, 1.165) is 27.9 Å². The summed E-state index contributed by atoms with van der Waals surface area (Å²) in [6.45, 7) is 1.85. The van der Waals surface area contributed by atoms with Crippen molar-refractivity contribution in [3.63, 3.8) is 0 Å². The molecule has 10 nitrogen and oxygen atoms in total. The fourth-order valence-electron chi connectivity index (χ4n) is 9.04. The highest BCUT2D eigenvalue weighted by Gasteiger charge is 2.57. The Morgan fingerprint density at radius 3 is 1.76 bits per heavy atom. The van der Waals surface area contributed by atoms with Gasteiger partial charge in [0.1, 0.15) is 11.4 Å². The van der Waals surface area contributed by atoms with Gasteiger partial charge in [0, 0.05) is 40.7 Å². The zero-order valence-corrected chi connectivity index (χ0v) is 31.0. The smallest absolute Gasteiger partial charge is 0.265 e. The molecular formula is C37H36Cl2N2O8S2. The number of fused-ring (bicyclic) bond motifs is 2. The van der Waals surface area contributed by atoms with Crippen molar-refractivity contribution in [2.24, 2.45) is 23.2 Å². The number of aliphatic hydroxyl groups excluding tert-OH is 2. The van der Waals surface area contributed by atoms with Crippen LogP contribution in [0.1, 0.15) is 66.9 Å². The van der Waals surface area contributed by atoms with Gasteiger partial charge in [0.05, 0.1) is 14.8 Å². The zero-order chi connectivity index (χ0) is 36.6. The molecule has 0 unspecified atom stereocenters. The monoisotopic (exact) mass is 770 g/mol. The van der Waals surface area contributed by atoms with Gasteiger partial charge < -0.3 is 10.2 Å². The van der Waals surface area contributed by atoms with Crippen LogP contribution in [0.25, 0.3) is 11.5 Å².